The standard InChI is InChI=1S/C12H10BrNO2/c1-8-11(13)6-7-12(14-8)16-10-4-2-9(15)3-5-10/h2-7,15H,1H3. The topological polar surface area (TPSA) is 42.4 Å². The van der Waals surface area contributed by atoms with E-state index in [-0.39, 0.29) is 5.75 Å². The Labute approximate surface area is 102 Å². The molecule has 0 radical (unpaired) electrons. The Kier molecular flexibility index (Phi) is 3.10. The van der Waals surface area contributed by atoms with Crippen molar-refractivity contribution in [2.75, 3.05) is 0 Å². The Balaban J connectivity index is 2.20. The Morgan fingerprint density at radius 2 is 1.81 bits per heavy atom. The average molecular weight is 280 g/mol. The van der Waals surface area contributed by atoms with Gasteiger partial charge in [-0.05, 0) is 53.2 Å². The quantitative estimate of drug-likeness (QED) is 0.913. The van der Waals surface area contributed by atoms with Gasteiger partial charge in [0, 0.05) is 10.5 Å². The number of phenolic OH excluding ortho intramolecular Hbond substituents is 1. The van der Waals surface area contributed by atoms with E-state index in [0.717, 1.165) is 10.2 Å². The first-order valence-electron chi connectivity index (χ1n) is 4.75. The van der Waals surface area contributed by atoms with Crippen LogP contribution in [0.4, 0.5) is 0 Å². The van der Waals surface area contributed by atoms with Crippen molar-refractivity contribution in [3.63, 3.8) is 0 Å². The van der Waals surface area contributed by atoms with Gasteiger partial charge in [-0.15, -0.1) is 0 Å². The normalized spacial score (nSPS) is 10.1. The number of aromatic hydroxyl groups is 1. The molecule has 1 aromatic heterocycles. The van der Waals surface area contributed by atoms with Crippen LogP contribution >= 0.6 is 15.9 Å². The second-order valence-electron chi connectivity index (χ2n) is 3.31. The SMILES string of the molecule is Cc1nc(Oc2ccc(O)cc2)ccc1Br. The summed E-state index contributed by atoms with van der Waals surface area (Å²) in [6, 6.07) is 10.2. The number of ether oxygens (including phenoxy) is 1. The fourth-order valence-electron chi connectivity index (χ4n) is 1.21. The molecule has 82 valence electrons. The molecule has 2 rings (SSSR count). The molecule has 0 aliphatic rings. The van der Waals surface area contributed by atoms with E-state index < -0.39 is 0 Å². The van der Waals surface area contributed by atoms with Crippen molar-refractivity contribution in [1.29, 1.82) is 0 Å². The van der Waals surface area contributed by atoms with Crippen LogP contribution in [0.3, 0.4) is 0 Å². The van der Waals surface area contributed by atoms with Gasteiger partial charge >= 0.3 is 0 Å². The monoisotopic (exact) mass is 279 g/mol. The van der Waals surface area contributed by atoms with Gasteiger partial charge in [0.05, 0.1) is 5.69 Å². The van der Waals surface area contributed by atoms with E-state index in [9.17, 15) is 0 Å². The van der Waals surface area contributed by atoms with Crippen molar-refractivity contribution >= 4 is 15.9 Å². The summed E-state index contributed by atoms with van der Waals surface area (Å²) in [6.45, 7) is 1.90. The maximum atomic E-state index is 9.13. The fraction of sp³-hybridized carbons (Fsp3) is 0.0833. The molecule has 0 bridgehead atoms. The Hall–Kier alpha value is -1.55. The third-order valence-corrected chi connectivity index (χ3v) is 2.89. The highest BCUT2D eigenvalue weighted by Gasteiger charge is 2.01. The summed E-state index contributed by atoms with van der Waals surface area (Å²) in [4.78, 5) is 4.26. The van der Waals surface area contributed by atoms with Gasteiger partial charge in [-0.25, -0.2) is 4.98 Å². The van der Waals surface area contributed by atoms with Gasteiger partial charge in [0.15, 0.2) is 0 Å². The van der Waals surface area contributed by atoms with E-state index in [1.807, 2.05) is 13.0 Å². The molecule has 0 amide bonds. The summed E-state index contributed by atoms with van der Waals surface area (Å²) in [7, 11) is 0. The number of hydrogen-bond acceptors (Lipinski definition) is 3. The van der Waals surface area contributed by atoms with Crippen LogP contribution in [0, 0.1) is 6.92 Å². The number of pyridine rings is 1. The number of phenols is 1. The van der Waals surface area contributed by atoms with Crippen LogP contribution in [-0.4, -0.2) is 10.1 Å². The first kappa shape index (κ1) is 11.0. The van der Waals surface area contributed by atoms with Crippen LogP contribution in [0.1, 0.15) is 5.69 Å². The minimum atomic E-state index is 0.215. The third kappa shape index (κ3) is 2.52. The maximum Gasteiger partial charge on any atom is 0.219 e. The van der Waals surface area contributed by atoms with E-state index in [2.05, 4.69) is 20.9 Å². The van der Waals surface area contributed by atoms with Crippen molar-refractivity contribution in [2.45, 2.75) is 6.92 Å². The zero-order chi connectivity index (χ0) is 11.5. The van der Waals surface area contributed by atoms with Crippen molar-refractivity contribution < 1.29 is 9.84 Å². The second kappa shape index (κ2) is 4.53. The summed E-state index contributed by atoms with van der Waals surface area (Å²) in [6.07, 6.45) is 0. The van der Waals surface area contributed by atoms with Crippen molar-refractivity contribution in [2.24, 2.45) is 0 Å². The van der Waals surface area contributed by atoms with E-state index in [1.165, 1.54) is 0 Å². The Morgan fingerprint density at radius 3 is 2.44 bits per heavy atom. The molecule has 3 nitrogen and oxygen atoms in total. The number of aromatic nitrogens is 1. The lowest BCUT2D eigenvalue weighted by atomic mass is 10.3. The van der Waals surface area contributed by atoms with Crippen LogP contribution in [0.15, 0.2) is 40.9 Å². The molecular formula is C12H10BrNO2. The molecule has 1 heterocycles. The fourth-order valence-corrected chi connectivity index (χ4v) is 1.43. The highest BCUT2D eigenvalue weighted by Crippen LogP contribution is 2.24. The molecule has 1 N–H and O–H groups in total. The zero-order valence-corrected chi connectivity index (χ0v) is 10.2. The van der Waals surface area contributed by atoms with Gasteiger partial charge in [-0.3, -0.25) is 0 Å². The number of halogens is 1. The summed E-state index contributed by atoms with van der Waals surface area (Å²) in [5.74, 6) is 1.39. The van der Waals surface area contributed by atoms with E-state index in [4.69, 9.17) is 9.84 Å². The van der Waals surface area contributed by atoms with Gasteiger partial charge in [-0.2, -0.15) is 0 Å². The first-order valence-corrected chi connectivity index (χ1v) is 5.54. The van der Waals surface area contributed by atoms with Crippen LogP contribution in [0.25, 0.3) is 0 Å². The Bertz CT molecular complexity index is 497. The Morgan fingerprint density at radius 1 is 1.12 bits per heavy atom. The first-order chi connectivity index (χ1) is 7.65. The van der Waals surface area contributed by atoms with E-state index in [1.54, 1.807) is 30.3 Å². The third-order valence-electron chi connectivity index (χ3n) is 2.05. The average Bonchev–Trinajstić information content (AvgIpc) is 2.27. The molecule has 1 aromatic carbocycles. The lowest BCUT2D eigenvalue weighted by molar-refractivity contribution is 0.453. The molecule has 2 aromatic rings. The largest absolute Gasteiger partial charge is 0.508 e. The molecule has 16 heavy (non-hydrogen) atoms. The van der Waals surface area contributed by atoms with Gasteiger partial charge in [-0.1, -0.05) is 0 Å². The molecule has 0 unspecified atom stereocenters. The van der Waals surface area contributed by atoms with Gasteiger partial charge in [0.1, 0.15) is 11.5 Å². The number of rotatable bonds is 2. The predicted octanol–water partition coefficient (Wildman–Crippen LogP) is 3.65. The molecule has 0 saturated carbocycles. The van der Waals surface area contributed by atoms with Crippen molar-refractivity contribution in [3.8, 4) is 17.4 Å². The van der Waals surface area contributed by atoms with Crippen LogP contribution in [-0.2, 0) is 0 Å². The molecule has 0 aliphatic carbocycles. The lowest BCUT2D eigenvalue weighted by Gasteiger charge is -2.06. The predicted molar refractivity (Wildman–Crippen MR) is 64.9 cm³/mol. The van der Waals surface area contributed by atoms with E-state index >= 15 is 0 Å². The van der Waals surface area contributed by atoms with Crippen molar-refractivity contribution in [1.82, 2.24) is 4.98 Å². The number of nitrogens with zero attached hydrogens (tertiary/aromatic N) is 1. The molecular weight excluding hydrogens is 270 g/mol. The highest BCUT2D eigenvalue weighted by molar-refractivity contribution is 9.10. The number of benzene rings is 1. The van der Waals surface area contributed by atoms with Gasteiger partial charge < -0.3 is 9.84 Å². The lowest BCUT2D eigenvalue weighted by Crippen LogP contribution is -1.90. The summed E-state index contributed by atoms with van der Waals surface area (Å²) < 4.78 is 6.48. The highest BCUT2D eigenvalue weighted by atomic mass is 79.9. The maximum absolute atomic E-state index is 9.13. The molecule has 0 saturated heterocycles. The molecule has 0 spiro atoms. The van der Waals surface area contributed by atoms with Crippen LogP contribution in [0.2, 0.25) is 0 Å². The number of hydrogen-bond donors (Lipinski definition) is 1. The van der Waals surface area contributed by atoms with E-state index in [0.29, 0.717) is 11.6 Å². The summed E-state index contributed by atoms with van der Waals surface area (Å²) >= 11 is 3.37. The summed E-state index contributed by atoms with van der Waals surface area (Å²) in [5, 5.41) is 9.13. The van der Waals surface area contributed by atoms with Gasteiger partial charge in [0.25, 0.3) is 0 Å². The number of aryl methyl sites for hydroxylation is 1. The smallest absolute Gasteiger partial charge is 0.219 e. The van der Waals surface area contributed by atoms with Crippen molar-refractivity contribution in [3.05, 3.63) is 46.6 Å². The molecule has 4 heteroatoms. The second-order valence-corrected chi connectivity index (χ2v) is 4.17. The van der Waals surface area contributed by atoms with Crippen LogP contribution in [0.5, 0.6) is 17.4 Å². The zero-order valence-electron chi connectivity index (χ0n) is 8.64. The summed E-state index contributed by atoms with van der Waals surface area (Å²) in [5.41, 5.74) is 0.872. The molecule has 0 fully saturated rings. The van der Waals surface area contributed by atoms with Gasteiger partial charge in [0.2, 0.25) is 5.88 Å². The van der Waals surface area contributed by atoms with Crippen LogP contribution < -0.4 is 4.74 Å². The minimum absolute atomic E-state index is 0.215. The minimum Gasteiger partial charge on any atom is -0.508 e. The molecule has 0 aliphatic heterocycles. The molecule has 0 atom stereocenters.